The van der Waals surface area contributed by atoms with Gasteiger partial charge in [-0.05, 0) is 93.9 Å². The van der Waals surface area contributed by atoms with Crippen molar-refractivity contribution in [2.75, 3.05) is 26.4 Å². The lowest BCUT2D eigenvalue weighted by Gasteiger charge is -2.32. The summed E-state index contributed by atoms with van der Waals surface area (Å²) in [5.74, 6) is 0.862. The third-order valence-electron chi connectivity index (χ3n) is 8.97. The topological polar surface area (TPSA) is 127 Å². The Morgan fingerprint density at radius 1 is 0.851 bits per heavy atom. The zero-order valence-electron chi connectivity index (χ0n) is 28.7. The number of benzene rings is 1. The smallest absolute Gasteiger partial charge is 0.168 e. The predicted octanol–water partition coefficient (Wildman–Crippen LogP) is 8.41. The number of rotatable bonds is 11. The highest BCUT2D eigenvalue weighted by atomic mass is 35.5. The van der Waals surface area contributed by atoms with Crippen molar-refractivity contribution in [3.63, 3.8) is 0 Å². The largest absolute Gasteiger partial charge is 0.511 e. The Bertz CT molecular complexity index is 1400. The van der Waals surface area contributed by atoms with E-state index >= 15 is 0 Å². The fourth-order valence-electron chi connectivity index (χ4n) is 6.94. The summed E-state index contributed by atoms with van der Waals surface area (Å²) in [6.45, 7) is 14.0. The van der Waals surface area contributed by atoms with E-state index in [0.717, 1.165) is 26.1 Å². The summed E-state index contributed by atoms with van der Waals surface area (Å²) < 4.78 is 5.38. The number of ketones is 2. The Morgan fingerprint density at radius 3 is 1.91 bits per heavy atom. The number of aryl methyl sites for hydroxylation is 3. The molecule has 1 aromatic rings. The van der Waals surface area contributed by atoms with Crippen LogP contribution in [-0.2, 0) is 24.0 Å². The lowest BCUT2D eigenvalue weighted by atomic mass is 9.75. The molecule has 0 saturated carbocycles. The van der Waals surface area contributed by atoms with Crippen LogP contribution in [0.25, 0.3) is 0 Å². The number of hydrogen-bond acceptors (Lipinski definition) is 9. The van der Waals surface area contributed by atoms with Crippen molar-refractivity contribution in [3.8, 4) is 0 Å². The number of Topliss-reactive ketones (excluding diaryl/α,β-unsaturated/α-hetero) is 2. The molecule has 2 atom stereocenters. The van der Waals surface area contributed by atoms with Crippen LogP contribution in [0.15, 0.2) is 56.7 Å². The van der Waals surface area contributed by atoms with Crippen molar-refractivity contribution < 1.29 is 34.2 Å². The summed E-state index contributed by atoms with van der Waals surface area (Å²) in [6.07, 6.45) is 6.47. The van der Waals surface area contributed by atoms with E-state index in [4.69, 9.17) is 26.0 Å². The van der Waals surface area contributed by atoms with Gasteiger partial charge in [-0.15, -0.1) is 0 Å². The third-order valence-corrected chi connectivity index (χ3v) is 9.15. The van der Waals surface area contributed by atoms with Crippen LogP contribution in [-0.4, -0.2) is 59.6 Å². The first-order chi connectivity index (χ1) is 22.6. The van der Waals surface area contributed by atoms with Crippen LogP contribution in [0, 0.1) is 32.6 Å². The molecule has 2 unspecified atom stereocenters. The van der Waals surface area contributed by atoms with Gasteiger partial charge in [-0.25, -0.2) is 0 Å². The fourth-order valence-corrected chi connectivity index (χ4v) is 7.02. The number of aliphatic hydroxyl groups excluding tert-OH is 2. The van der Waals surface area contributed by atoms with Crippen LogP contribution < -0.4 is 0 Å². The van der Waals surface area contributed by atoms with E-state index in [2.05, 4.69) is 43.2 Å². The summed E-state index contributed by atoms with van der Waals surface area (Å²) >= 11 is 5.41. The molecule has 0 amide bonds. The quantitative estimate of drug-likeness (QED) is 0.137. The third kappa shape index (κ3) is 10.3. The maximum Gasteiger partial charge on any atom is 0.168 e. The lowest BCUT2D eigenvalue weighted by molar-refractivity contribution is -0.118. The summed E-state index contributed by atoms with van der Waals surface area (Å²) in [4.78, 5) is 35.4. The number of carbonyl (C=O) groups excluding carboxylic acids is 2. The summed E-state index contributed by atoms with van der Waals surface area (Å²) in [6, 6.07) is 4.27. The van der Waals surface area contributed by atoms with Crippen LogP contribution >= 0.6 is 11.6 Å². The summed E-state index contributed by atoms with van der Waals surface area (Å²) in [7, 11) is 0. The number of hydrogen-bond donors (Lipinski definition) is 2. The van der Waals surface area contributed by atoms with Crippen molar-refractivity contribution in [2.45, 2.75) is 98.8 Å². The Hall–Kier alpha value is -3.43. The van der Waals surface area contributed by atoms with Gasteiger partial charge in [0.1, 0.15) is 24.7 Å². The molecule has 47 heavy (non-hydrogen) atoms. The van der Waals surface area contributed by atoms with E-state index in [-0.39, 0.29) is 41.5 Å². The monoisotopic (exact) mass is 670 g/mol. The van der Waals surface area contributed by atoms with Crippen molar-refractivity contribution in [3.05, 3.63) is 68.7 Å². The maximum atomic E-state index is 12.7. The highest BCUT2D eigenvalue weighted by molar-refractivity contribution is 6.25. The van der Waals surface area contributed by atoms with Crippen LogP contribution in [0.4, 0.5) is 0 Å². The van der Waals surface area contributed by atoms with Crippen molar-refractivity contribution in [1.82, 2.24) is 0 Å². The first kappa shape index (κ1) is 38.0. The van der Waals surface area contributed by atoms with E-state index < -0.39 is 0 Å². The molecule has 0 aromatic heterocycles. The molecule has 4 rings (SSSR count). The molecule has 9 nitrogen and oxygen atoms in total. The minimum Gasteiger partial charge on any atom is -0.511 e. The second-order valence-corrected chi connectivity index (χ2v) is 12.6. The van der Waals surface area contributed by atoms with Crippen LogP contribution in [0.3, 0.4) is 0 Å². The molecule has 0 spiro atoms. The number of allylic oxidation sites excluding steroid dienone is 4. The SMILES string of the molecule is CC/C(=N\OC/C=C/Cl)C1=C(O)CC(C2CCOCC2)CC1=O.CCO/N=C(\CC)C1=C(O)CC(c2c(C)cc(C)cc2C)CC1=O. The van der Waals surface area contributed by atoms with Gasteiger partial charge in [-0.2, -0.15) is 0 Å². The lowest BCUT2D eigenvalue weighted by Crippen LogP contribution is -2.31. The van der Waals surface area contributed by atoms with Gasteiger partial charge < -0.3 is 24.6 Å². The van der Waals surface area contributed by atoms with Crippen LogP contribution in [0.1, 0.15) is 100 Å². The minimum absolute atomic E-state index is 0.0204. The molecule has 1 aromatic carbocycles. The molecule has 3 aliphatic rings. The van der Waals surface area contributed by atoms with Crippen molar-refractivity contribution >= 4 is 34.6 Å². The van der Waals surface area contributed by atoms with Gasteiger partial charge in [0.2, 0.25) is 0 Å². The number of aliphatic hydroxyl groups is 2. The highest BCUT2D eigenvalue weighted by Gasteiger charge is 2.35. The molecule has 2 aliphatic carbocycles. The zero-order chi connectivity index (χ0) is 34.5. The molecule has 10 heteroatoms. The predicted molar refractivity (Wildman–Crippen MR) is 186 cm³/mol. The van der Waals surface area contributed by atoms with E-state index in [1.54, 1.807) is 6.08 Å². The molecular weight excluding hydrogens is 620 g/mol. The fraction of sp³-hybridized carbons (Fsp3) is 0.568. The van der Waals surface area contributed by atoms with Gasteiger partial charge in [-0.3, -0.25) is 9.59 Å². The second-order valence-electron chi connectivity index (χ2n) is 12.4. The summed E-state index contributed by atoms with van der Waals surface area (Å²) in [5, 5.41) is 28.9. The van der Waals surface area contributed by atoms with Gasteiger partial charge >= 0.3 is 0 Å². The highest BCUT2D eigenvalue weighted by Crippen LogP contribution is 2.38. The Labute approximate surface area is 284 Å². The van der Waals surface area contributed by atoms with Gasteiger partial charge in [-0.1, -0.05) is 53.5 Å². The average Bonchev–Trinajstić information content (AvgIpc) is 3.03. The number of nitrogens with zero attached hydrogens (tertiary/aromatic N) is 2. The van der Waals surface area contributed by atoms with Crippen LogP contribution in [0.5, 0.6) is 0 Å². The van der Waals surface area contributed by atoms with Gasteiger partial charge in [0.25, 0.3) is 0 Å². The zero-order valence-corrected chi connectivity index (χ0v) is 29.5. The number of oxime groups is 2. The average molecular weight is 671 g/mol. The molecule has 2 N–H and O–H groups in total. The molecule has 1 fully saturated rings. The van der Waals surface area contributed by atoms with Crippen molar-refractivity contribution in [2.24, 2.45) is 22.1 Å². The molecule has 1 saturated heterocycles. The number of ether oxygens (including phenoxy) is 1. The molecule has 0 radical (unpaired) electrons. The molecular formula is C37H51ClN2O7. The van der Waals surface area contributed by atoms with Gasteiger partial charge in [0.15, 0.2) is 11.6 Å². The second kappa shape index (κ2) is 18.8. The molecule has 1 aliphatic heterocycles. The van der Waals surface area contributed by atoms with E-state index in [9.17, 15) is 19.8 Å². The minimum atomic E-state index is -0.0524. The summed E-state index contributed by atoms with van der Waals surface area (Å²) in [5.41, 5.74) is 7.84. The van der Waals surface area contributed by atoms with Gasteiger partial charge in [0.05, 0.1) is 22.6 Å². The first-order valence-electron chi connectivity index (χ1n) is 16.8. The Kier molecular flexibility index (Phi) is 15.2. The number of carbonyl (C=O) groups is 2. The van der Waals surface area contributed by atoms with E-state index in [1.807, 2.05) is 20.8 Å². The van der Waals surface area contributed by atoms with E-state index in [1.165, 1.54) is 27.8 Å². The van der Waals surface area contributed by atoms with E-state index in [0.29, 0.717) is 73.6 Å². The van der Waals surface area contributed by atoms with Crippen molar-refractivity contribution in [1.29, 1.82) is 0 Å². The molecule has 0 bridgehead atoms. The van der Waals surface area contributed by atoms with Crippen LogP contribution in [0.2, 0.25) is 0 Å². The maximum absolute atomic E-state index is 12.7. The first-order valence-corrected chi connectivity index (χ1v) is 17.2. The number of halogens is 1. The van der Waals surface area contributed by atoms with Gasteiger partial charge in [0, 0.05) is 44.4 Å². The Balaban J connectivity index is 0.000000256. The normalized spacial score (nSPS) is 21.7. The standard InChI is InChI=1S/C20H27NO3.C17H24ClNO4/c1-6-16(21-24-7-2)20-17(22)10-15(11-18(20)23)19-13(4)8-12(3)9-14(19)5;1-2-14(19-23-7-3-6-18)17-15(20)10-13(11-16(17)21)12-4-8-22-9-5-12/h8-9,15,22H,6-7,10-11H2,1-5H3;3,6,12-13,20H,2,4-5,7-11H2,1H3/b21-16+;6-3+,19-14+. The molecule has 258 valence electrons. The Morgan fingerprint density at radius 2 is 1.40 bits per heavy atom. The molecule has 1 heterocycles.